The van der Waals surface area contributed by atoms with Gasteiger partial charge in [0.25, 0.3) is 0 Å². The highest BCUT2D eigenvalue weighted by atomic mass is 16.1. The first-order chi connectivity index (χ1) is 12.1. The molecule has 0 fully saturated rings. The van der Waals surface area contributed by atoms with Gasteiger partial charge in [-0.2, -0.15) is 0 Å². The molecule has 0 saturated heterocycles. The SMILES string of the molecule is CN=C(N)NC(C)(C=O)c1cccc(-c2cccc3ccccc23)c1. The van der Waals surface area contributed by atoms with Crippen LogP contribution in [0.4, 0.5) is 0 Å². The number of benzene rings is 3. The maximum atomic E-state index is 11.8. The van der Waals surface area contributed by atoms with E-state index in [1.54, 1.807) is 14.0 Å². The van der Waals surface area contributed by atoms with Crippen LogP contribution >= 0.6 is 0 Å². The van der Waals surface area contributed by atoms with E-state index in [1.807, 2.05) is 42.5 Å². The number of nitrogens with two attached hydrogens (primary N) is 1. The van der Waals surface area contributed by atoms with Crippen LogP contribution in [-0.2, 0) is 10.3 Å². The molecule has 4 nitrogen and oxygen atoms in total. The monoisotopic (exact) mass is 331 g/mol. The zero-order chi connectivity index (χ0) is 17.9. The van der Waals surface area contributed by atoms with Gasteiger partial charge >= 0.3 is 0 Å². The van der Waals surface area contributed by atoms with E-state index in [0.717, 1.165) is 23.0 Å². The van der Waals surface area contributed by atoms with Crippen LogP contribution in [0.5, 0.6) is 0 Å². The molecule has 3 rings (SSSR count). The minimum Gasteiger partial charge on any atom is -0.370 e. The molecule has 3 aromatic rings. The number of hydrogen-bond acceptors (Lipinski definition) is 2. The Morgan fingerprint density at radius 3 is 2.56 bits per heavy atom. The third kappa shape index (κ3) is 3.24. The van der Waals surface area contributed by atoms with Gasteiger partial charge in [-0.15, -0.1) is 0 Å². The van der Waals surface area contributed by atoms with Gasteiger partial charge in [0, 0.05) is 7.05 Å². The van der Waals surface area contributed by atoms with Crippen molar-refractivity contribution < 1.29 is 4.79 Å². The minimum absolute atomic E-state index is 0.227. The number of aliphatic imine (C=N–C) groups is 1. The number of aldehydes is 1. The molecule has 126 valence electrons. The van der Waals surface area contributed by atoms with Crippen molar-refractivity contribution in [1.29, 1.82) is 0 Å². The van der Waals surface area contributed by atoms with Gasteiger partial charge in [-0.1, -0.05) is 60.7 Å². The van der Waals surface area contributed by atoms with E-state index in [0.29, 0.717) is 0 Å². The van der Waals surface area contributed by atoms with Crippen molar-refractivity contribution in [3.05, 3.63) is 72.3 Å². The van der Waals surface area contributed by atoms with E-state index in [1.165, 1.54) is 10.8 Å². The lowest BCUT2D eigenvalue weighted by molar-refractivity contribution is -0.112. The van der Waals surface area contributed by atoms with E-state index in [2.05, 4.69) is 34.6 Å². The van der Waals surface area contributed by atoms with Crippen LogP contribution in [0.1, 0.15) is 12.5 Å². The Hall–Kier alpha value is -3.14. The quantitative estimate of drug-likeness (QED) is 0.437. The van der Waals surface area contributed by atoms with Crippen LogP contribution in [0.15, 0.2) is 71.7 Å². The van der Waals surface area contributed by atoms with E-state index in [-0.39, 0.29) is 5.96 Å². The Labute approximate surface area is 147 Å². The summed E-state index contributed by atoms with van der Waals surface area (Å²) in [5.41, 5.74) is 7.85. The summed E-state index contributed by atoms with van der Waals surface area (Å²) in [6, 6.07) is 22.4. The van der Waals surface area contributed by atoms with Crippen molar-refractivity contribution >= 4 is 23.0 Å². The van der Waals surface area contributed by atoms with Gasteiger partial charge in [0.15, 0.2) is 5.96 Å². The fourth-order valence-corrected chi connectivity index (χ4v) is 2.98. The molecular formula is C21H21N3O. The van der Waals surface area contributed by atoms with Crippen molar-refractivity contribution in [2.45, 2.75) is 12.5 Å². The Morgan fingerprint density at radius 2 is 1.80 bits per heavy atom. The molecule has 0 spiro atoms. The predicted molar refractivity (Wildman–Crippen MR) is 103 cm³/mol. The van der Waals surface area contributed by atoms with Crippen LogP contribution in [0.3, 0.4) is 0 Å². The predicted octanol–water partition coefficient (Wildman–Crippen LogP) is 3.46. The lowest BCUT2D eigenvalue weighted by Crippen LogP contribution is -2.48. The lowest BCUT2D eigenvalue weighted by atomic mass is 9.89. The van der Waals surface area contributed by atoms with Crippen molar-refractivity contribution in [1.82, 2.24) is 5.32 Å². The molecule has 25 heavy (non-hydrogen) atoms. The highest BCUT2D eigenvalue weighted by Gasteiger charge is 2.27. The van der Waals surface area contributed by atoms with Crippen LogP contribution in [0.25, 0.3) is 21.9 Å². The highest BCUT2D eigenvalue weighted by molar-refractivity contribution is 5.96. The fourth-order valence-electron chi connectivity index (χ4n) is 2.98. The number of carbonyl (C=O) groups is 1. The average molecular weight is 331 g/mol. The first kappa shape index (κ1) is 16.7. The van der Waals surface area contributed by atoms with Crippen molar-refractivity contribution in [3.63, 3.8) is 0 Å². The summed E-state index contributed by atoms with van der Waals surface area (Å²) in [5.74, 6) is 0.227. The molecule has 4 heteroatoms. The highest BCUT2D eigenvalue weighted by Crippen LogP contribution is 2.31. The van der Waals surface area contributed by atoms with Gasteiger partial charge in [0.1, 0.15) is 11.8 Å². The molecule has 0 aliphatic carbocycles. The van der Waals surface area contributed by atoms with Crippen LogP contribution in [0, 0.1) is 0 Å². The summed E-state index contributed by atoms with van der Waals surface area (Å²) in [7, 11) is 1.58. The summed E-state index contributed by atoms with van der Waals surface area (Å²) >= 11 is 0. The normalized spacial score (nSPS) is 14.1. The van der Waals surface area contributed by atoms with Crippen molar-refractivity contribution in [2.75, 3.05) is 7.05 Å². The summed E-state index contributed by atoms with van der Waals surface area (Å²) in [5, 5.41) is 5.35. The van der Waals surface area contributed by atoms with Gasteiger partial charge in [0.05, 0.1) is 0 Å². The third-order valence-electron chi connectivity index (χ3n) is 4.43. The van der Waals surface area contributed by atoms with E-state index in [9.17, 15) is 4.79 Å². The summed E-state index contributed by atoms with van der Waals surface area (Å²) in [4.78, 5) is 15.7. The van der Waals surface area contributed by atoms with E-state index in [4.69, 9.17) is 5.73 Å². The molecule has 1 atom stereocenters. The molecular weight excluding hydrogens is 310 g/mol. The van der Waals surface area contributed by atoms with Crippen molar-refractivity contribution in [2.24, 2.45) is 10.7 Å². The summed E-state index contributed by atoms with van der Waals surface area (Å²) in [6.07, 6.45) is 0.854. The zero-order valence-electron chi connectivity index (χ0n) is 14.4. The molecule has 3 N–H and O–H groups in total. The number of nitrogens with one attached hydrogen (secondary N) is 1. The average Bonchev–Trinajstić information content (AvgIpc) is 2.67. The third-order valence-corrected chi connectivity index (χ3v) is 4.43. The van der Waals surface area contributed by atoms with Gasteiger partial charge in [-0.3, -0.25) is 4.99 Å². The number of hydrogen-bond donors (Lipinski definition) is 2. The second-order valence-corrected chi connectivity index (χ2v) is 6.16. The molecule has 0 aliphatic rings. The topological polar surface area (TPSA) is 67.5 Å². The molecule has 3 aromatic carbocycles. The van der Waals surface area contributed by atoms with Crippen LogP contribution in [0.2, 0.25) is 0 Å². The van der Waals surface area contributed by atoms with Gasteiger partial charge < -0.3 is 15.8 Å². The first-order valence-corrected chi connectivity index (χ1v) is 8.13. The van der Waals surface area contributed by atoms with Gasteiger partial charge in [-0.25, -0.2) is 0 Å². The summed E-state index contributed by atoms with van der Waals surface area (Å²) in [6.45, 7) is 1.79. The molecule has 0 heterocycles. The van der Waals surface area contributed by atoms with Crippen LogP contribution in [-0.4, -0.2) is 19.3 Å². The maximum Gasteiger partial charge on any atom is 0.189 e. The number of guanidine groups is 1. The molecule has 0 amide bonds. The molecule has 0 aliphatic heterocycles. The molecule has 1 unspecified atom stereocenters. The molecule has 0 aromatic heterocycles. The molecule has 0 saturated carbocycles. The zero-order valence-corrected chi connectivity index (χ0v) is 14.4. The smallest absolute Gasteiger partial charge is 0.189 e. The maximum absolute atomic E-state index is 11.8. The van der Waals surface area contributed by atoms with E-state index >= 15 is 0 Å². The first-order valence-electron chi connectivity index (χ1n) is 8.13. The Bertz CT molecular complexity index is 943. The second kappa shape index (κ2) is 6.77. The molecule has 0 radical (unpaired) electrons. The van der Waals surface area contributed by atoms with E-state index < -0.39 is 5.54 Å². The Morgan fingerprint density at radius 1 is 1.08 bits per heavy atom. The lowest BCUT2D eigenvalue weighted by Gasteiger charge is -2.26. The van der Waals surface area contributed by atoms with Crippen LogP contribution < -0.4 is 11.1 Å². The molecule has 0 bridgehead atoms. The number of carbonyl (C=O) groups excluding carboxylic acids is 1. The minimum atomic E-state index is -0.940. The van der Waals surface area contributed by atoms with Gasteiger partial charge in [0.2, 0.25) is 0 Å². The van der Waals surface area contributed by atoms with Gasteiger partial charge in [-0.05, 0) is 40.5 Å². The van der Waals surface area contributed by atoms with Crippen molar-refractivity contribution in [3.8, 4) is 11.1 Å². The number of rotatable bonds is 4. The Balaban J connectivity index is 2.11. The Kier molecular flexibility index (Phi) is 4.52. The largest absolute Gasteiger partial charge is 0.370 e. The number of nitrogens with zero attached hydrogens (tertiary/aromatic N) is 1. The standard InChI is InChI=1S/C21H21N3O/c1-21(14-25,24-20(22)23-2)17-10-5-9-16(13-17)19-12-6-8-15-7-3-4-11-18(15)19/h3-14H,1-2H3,(H3,22,23,24). The fraction of sp³-hybridized carbons (Fsp3) is 0.143. The number of fused-ring (bicyclic) bond motifs is 1. The summed E-state index contributed by atoms with van der Waals surface area (Å²) < 4.78 is 0. The second-order valence-electron chi connectivity index (χ2n) is 6.16.